The summed E-state index contributed by atoms with van der Waals surface area (Å²) in [6, 6.07) is 1.84. The van der Waals surface area contributed by atoms with Crippen molar-refractivity contribution in [2.24, 2.45) is 0 Å². The van der Waals surface area contributed by atoms with Crippen molar-refractivity contribution in [3.8, 4) is 0 Å². The van der Waals surface area contributed by atoms with E-state index in [4.69, 9.17) is 2.26 Å². The minimum atomic E-state index is -4.63. The van der Waals surface area contributed by atoms with Gasteiger partial charge in [-0.2, -0.15) is 0 Å². The Morgan fingerprint density at radius 3 is 1.10 bits per heavy atom. The summed E-state index contributed by atoms with van der Waals surface area (Å²) in [5.74, 6) is 0.157. The second-order valence-corrected chi connectivity index (χ2v) is 20.2. The third-order valence-corrected chi connectivity index (χ3v) is 15.0. The second kappa shape index (κ2) is 33.0. The zero-order valence-corrected chi connectivity index (χ0v) is 38.3. The van der Waals surface area contributed by atoms with Crippen LogP contribution >= 0.6 is 0 Å². The standard InChI is InChI=1S/C45H84O3S.H2O.O.Zr/c1-6-9-12-15-18-21-24-27-30-33-36-41-42(37-34-31-28-25-22-19-16-13-10-7-2)44(40(4)5)39-45(49(46,47)48)43(41)38-35-32-29-26-23-20-17-14-11-8-3;;;/h39-40H,6-38H2,1-5H3,(H,46,47,48);1H2;;/q;;;+2/p-2. The van der Waals surface area contributed by atoms with Gasteiger partial charge < -0.3 is 0 Å². The predicted molar refractivity (Wildman–Crippen MR) is 218 cm³/mol. The molecule has 52 heavy (non-hydrogen) atoms. The van der Waals surface area contributed by atoms with Gasteiger partial charge >= 0.3 is 237 Å². The molecule has 0 amide bonds. The quantitative estimate of drug-likeness (QED) is 0.0676. The summed E-state index contributed by atoms with van der Waals surface area (Å²) in [5, 5.41) is 0. The van der Waals surface area contributed by atoms with Crippen molar-refractivity contribution < 1.29 is 39.3 Å². The normalized spacial score (nSPS) is 12.0. The Balaban J connectivity index is 3.18. The molecule has 0 unspecified atom stereocenters. The van der Waals surface area contributed by atoms with Crippen molar-refractivity contribution in [3.05, 3.63) is 28.3 Å². The van der Waals surface area contributed by atoms with Crippen molar-refractivity contribution in [1.29, 1.82) is 0 Å². The number of rotatable bonds is 37. The molecule has 0 atom stereocenters. The molecule has 1 aromatic carbocycles. The van der Waals surface area contributed by atoms with Crippen LogP contribution in [0.25, 0.3) is 0 Å². The summed E-state index contributed by atoms with van der Waals surface area (Å²) < 4.78 is 53.8. The minimum Gasteiger partial charge on any atom is -0.0654 e. The Morgan fingerprint density at radius 1 is 0.500 bits per heavy atom. The van der Waals surface area contributed by atoms with Crippen molar-refractivity contribution in [2.75, 3.05) is 0 Å². The van der Waals surface area contributed by atoms with Crippen LogP contribution in [-0.2, 0) is 57.1 Å². The van der Waals surface area contributed by atoms with E-state index in [2.05, 4.69) is 34.6 Å². The average Bonchev–Trinajstić information content (AvgIpc) is 3.10. The van der Waals surface area contributed by atoms with Crippen LogP contribution in [0.2, 0.25) is 0 Å². The molecule has 0 aromatic heterocycles. The average molecular weight is 828 g/mol. The van der Waals surface area contributed by atoms with Crippen molar-refractivity contribution in [1.82, 2.24) is 0 Å². The molecule has 1 N–H and O–H groups in total. The molecule has 0 aliphatic rings. The first-order chi connectivity index (χ1) is 25.2. The van der Waals surface area contributed by atoms with Crippen molar-refractivity contribution >= 4 is 10.1 Å². The first kappa shape index (κ1) is 49.8. The van der Waals surface area contributed by atoms with Gasteiger partial charge in [0.15, 0.2) is 0 Å². The summed E-state index contributed by atoms with van der Waals surface area (Å²) in [5.41, 5.74) is 4.54. The van der Waals surface area contributed by atoms with Crippen LogP contribution in [0.3, 0.4) is 0 Å². The van der Waals surface area contributed by atoms with Crippen LogP contribution in [0.15, 0.2) is 11.0 Å². The van der Waals surface area contributed by atoms with E-state index in [-0.39, 0.29) is 10.8 Å². The van der Waals surface area contributed by atoms with Crippen LogP contribution in [0.4, 0.5) is 0 Å². The number of unbranched alkanes of at least 4 members (excludes halogenated alkanes) is 27. The molecule has 1 rings (SSSR count). The van der Waals surface area contributed by atoms with Crippen LogP contribution < -0.4 is 0 Å². The molecule has 0 heterocycles. The van der Waals surface area contributed by atoms with E-state index in [0.717, 1.165) is 56.1 Å². The molecular weight excluding hydrogens is 744 g/mol. The Hall–Kier alpha value is -0.227. The van der Waals surface area contributed by atoms with Crippen LogP contribution in [0, 0.1) is 0 Å². The molecule has 0 spiro atoms. The van der Waals surface area contributed by atoms with Crippen molar-refractivity contribution in [3.63, 3.8) is 0 Å². The van der Waals surface area contributed by atoms with Gasteiger partial charge in [-0.15, -0.1) is 0 Å². The fraction of sp³-hybridized carbons (Fsp3) is 0.867. The van der Waals surface area contributed by atoms with E-state index in [1.54, 1.807) is 0 Å². The maximum absolute atomic E-state index is 13.6. The van der Waals surface area contributed by atoms with E-state index < -0.39 is 32.8 Å². The van der Waals surface area contributed by atoms with Gasteiger partial charge in [0, 0.05) is 0 Å². The van der Waals surface area contributed by atoms with E-state index in [1.807, 2.05) is 6.07 Å². The molecule has 0 radical (unpaired) electrons. The topological polar surface area (TPSA) is 80.7 Å². The second-order valence-electron chi connectivity index (χ2n) is 16.2. The van der Waals surface area contributed by atoms with Gasteiger partial charge in [-0.1, -0.05) is 97.8 Å². The Bertz CT molecular complexity index is 1130. The number of hydrogen-bond acceptors (Lipinski definition) is 4. The van der Waals surface area contributed by atoms with E-state index in [1.165, 1.54) is 172 Å². The van der Waals surface area contributed by atoms with Gasteiger partial charge in [-0.05, 0) is 0 Å². The number of benzene rings is 1. The zero-order valence-electron chi connectivity index (χ0n) is 35.0. The Kier molecular flexibility index (Phi) is 31.6. The van der Waals surface area contributed by atoms with Gasteiger partial charge in [0.1, 0.15) is 0 Å². The van der Waals surface area contributed by atoms with E-state index in [9.17, 15) is 14.4 Å². The molecule has 0 saturated heterocycles. The van der Waals surface area contributed by atoms with Gasteiger partial charge in [-0.25, -0.2) is 0 Å². The van der Waals surface area contributed by atoms with Gasteiger partial charge in [-0.3, -0.25) is 0 Å². The molecule has 0 aliphatic heterocycles. The Labute approximate surface area is 333 Å². The van der Waals surface area contributed by atoms with Gasteiger partial charge in [0.25, 0.3) is 0 Å². The monoisotopic (exact) mass is 827 g/mol. The van der Waals surface area contributed by atoms with Crippen molar-refractivity contribution in [2.45, 2.75) is 257 Å². The first-order valence-corrected chi connectivity index (χ1v) is 27.1. The first-order valence-electron chi connectivity index (χ1n) is 22.5. The zero-order chi connectivity index (χ0) is 38.3. The fourth-order valence-electron chi connectivity index (χ4n) is 7.94. The molecule has 0 saturated carbocycles. The maximum atomic E-state index is 13.6. The van der Waals surface area contributed by atoms with E-state index >= 15 is 0 Å². The van der Waals surface area contributed by atoms with Crippen LogP contribution in [0.1, 0.15) is 255 Å². The summed E-state index contributed by atoms with van der Waals surface area (Å²) in [6.45, 7) is 11.1. The predicted octanol–water partition coefficient (Wildman–Crippen LogP) is 14.7. The van der Waals surface area contributed by atoms with Gasteiger partial charge in [0.05, 0.1) is 0 Å². The molecule has 7 heteroatoms. The molecule has 0 bridgehead atoms. The molecule has 0 aliphatic carbocycles. The summed E-state index contributed by atoms with van der Waals surface area (Å²) >= 11 is -4.63. The fourth-order valence-corrected chi connectivity index (χ4v) is 11.1. The minimum absolute atomic E-state index is 0.157. The molecule has 5 nitrogen and oxygen atoms in total. The van der Waals surface area contributed by atoms with Crippen LogP contribution in [0.5, 0.6) is 0 Å². The van der Waals surface area contributed by atoms with E-state index in [0.29, 0.717) is 6.42 Å². The molecule has 1 aromatic rings. The van der Waals surface area contributed by atoms with Gasteiger partial charge in [0.2, 0.25) is 0 Å². The third-order valence-electron chi connectivity index (χ3n) is 11.1. The molecule has 0 fully saturated rings. The summed E-state index contributed by atoms with van der Waals surface area (Å²) in [7, 11) is -4.32. The van der Waals surface area contributed by atoms with Crippen LogP contribution in [-0.4, -0.2) is 11.6 Å². The molecule has 304 valence electrons. The Morgan fingerprint density at radius 2 is 0.788 bits per heavy atom. The smallest absolute Gasteiger partial charge is 0.0654 e. The summed E-state index contributed by atoms with van der Waals surface area (Å²) in [6.07, 6.45) is 40.5. The molecular formula is C45H84O5SZr. The summed E-state index contributed by atoms with van der Waals surface area (Å²) in [4.78, 5) is 0.170. The third kappa shape index (κ3) is 23.6. The number of hydrogen-bond donors (Lipinski definition) is 1. The SMILES string of the molecule is CCCCCCCCCCCCc1c(C(C)C)cc(S(=O)(=O)[O][Zr](=[O])[OH])c(CCCCCCCCCCCC)c1CCCCCCCCCCCC.